The van der Waals surface area contributed by atoms with Gasteiger partial charge in [-0.2, -0.15) is 4.37 Å². The summed E-state index contributed by atoms with van der Waals surface area (Å²) < 4.78 is 10.5. The molecule has 2 heterocycles. The number of benzene rings is 1. The Balaban J connectivity index is 1.93. The first kappa shape index (κ1) is 11.3. The van der Waals surface area contributed by atoms with Gasteiger partial charge in [0.1, 0.15) is 0 Å². The minimum absolute atomic E-state index is 0.0497. The van der Waals surface area contributed by atoms with E-state index in [2.05, 4.69) is 4.37 Å². The zero-order chi connectivity index (χ0) is 12.5. The van der Waals surface area contributed by atoms with Crippen LogP contribution in [0.1, 0.15) is 10.6 Å². The molecule has 0 radical (unpaired) electrons. The Bertz CT molecular complexity index is 717. The van der Waals surface area contributed by atoms with Crippen molar-refractivity contribution in [2.24, 2.45) is 0 Å². The van der Waals surface area contributed by atoms with Crippen molar-refractivity contribution in [3.05, 3.63) is 42.2 Å². The third-order valence-electron chi connectivity index (χ3n) is 2.34. The second-order valence-electron chi connectivity index (χ2n) is 3.51. The number of fused-ring (bicyclic) bond motifs is 1. The summed E-state index contributed by atoms with van der Waals surface area (Å²) in [5.41, 5.74) is 0.940. The van der Waals surface area contributed by atoms with E-state index in [-0.39, 0.29) is 5.76 Å². The molecule has 0 amide bonds. The van der Waals surface area contributed by atoms with E-state index in [9.17, 15) is 4.79 Å². The first-order chi connectivity index (χ1) is 8.74. The SMILES string of the molecule is O=C(O)c1ccc(Sc2snc3ccccc23)o1. The summed E-state index contributed by atoms with van der Waals surface area (Å²) in [5.74, 6) is -1.11. The number of rotatable bonds is 3. The van der Waals surface area contributed by atoms with Crippen molar-refractivity contribution in [3.63, 3.8) is 0 Å². The van der Waals surface area contributed by atoms with E-state index >= 15 is 0 Å². The van der Waals surface area contributed by atoms with Crippen LogP contribution >= 0.6 is 23.3 Å². The van der Waals surface area contributed by atoms with Crippen LogP contribution in [-0.4, -0.2) is 15.4 Å². The number of carboxylic acid groups (broad SMARTS) is 1. The van der Waals surface area contributed by atoms with E-state index in [0.29, 0.717) is 5.09 Å². The lowest BCUT2D eigenvalue weighted by atomic mass is 10.3. The third kappa shape index (κ3) is 2.00. The largest absolute Gasteiger partial charge is 0.475 e. The lowest BCUT2D eigenvalue weighted by molar-refractivity contribution is 0.0656. The highest BCUT2D eigenvalue weighted by Gasteiger charge is 2.12. The van der Waals surface area contributed by atoms with Crippen LogP contribution in [0.5, 0.6) is 0 Å². The van der Waals surface area contributed by atoms with E-state index < -0.39 is 5.97 Å². The van der Waals surface area contributed by atoms with Gasteiger partial charge in [-0.3, -0.25) is 0 Å². The average molecular weight is 277 g/mol. The molecule has 0 spiro atoms. The van der Waals surface area contributed by atoms with Gasteiger partial charge in [0, 0.05) is 5.39 Å². The molecule has 1 N–H and O–H groups in total. The van der Waals surface area contributed by atoms with Crippen LogP contribution in [0.2, 0.25) is 0 Å². The summed E-state index contributed by atoms with van der Waals surface area (Å²) in [6.45, 7) is 0. The van der Waals surface area contributed by atoms with Gasteiger partial charge < -0.3 is 9.52 Å². The predicted molar refractivity (Wildman–Crippen MR) is 69.4 cm³/mol. The van der Waals surface area contributed by atoms with Crippen LogP contribution in [0.3, 0.4) is 0 Å². The normalized spacial score (nSPS) is 10.9. The van der Waals surface area contributed by atoms with Gasteiger partial charge in [0.15, 0.2) is 5.09 Å². The molecule has 0 bridgehead atoms. The molecule has 4 nitrogen and oxygen atoms in total. The molecule has 0 aliphatic heterocycles. The molecule has 1 aromatic carbocycles. The minimum Gasteiger partial charge on any atom is -0.475 e. The molecule has 3 rings (SSSR count). The number of aromatic carboxylic acids is 1. The summed E-state index contributed by atoms with van der Waals surface area (Å²) >= 11 is 2.77. The van der Waals surface area contributed by atoms with Gasteiger partial charge >= 0.3 is 5.97 Å². The lowest BCUT2D eigenvalue weighted by Gasteiger charge is -1.93. The predicted octanol–water partition coefficient (Wildman–Crippen LogP) is 3.74. The minimum atomic E-state index is -1.06. The van der Waals surface area contributed by atoms with E-state index in [1.807, 2.05) is 24.3 Å². The standard InChI is InChI=1S/C12H7NO3S2/c14-11(15)9-5-6-10(16-9)17-12-7-3-1-2-4-8(7)13-18-12/h1-6H,(H,14,15). The monoisotopic (exact) mass is 277 g/mol. The van der Waals surface area contributed by atoms with Crippen molar-refractivity contribution >= 4 is 40.2 Å². The molecule has 0 aliphatic carbocycles. The fourth-order valence-electron chi connectivity index (χ4n) is 1.52. The number of hydrogen-bond acceptors (Lipinski definition) is 5. The number of nitrogens with zero attached hydrogens (tertiary/aromatic N) is 1. The molecule has 90 valence electrons. The molecule has 0 unspecified atom stereocenters. The van der Waals surface area contributed by atoms with Crippen molar-refractivity contribution in [1.29, 1.82) is 0 Å². The summed E-state index contributed by atoms with van der Waals surface area (Å²) in [4.78, 5) is 10.7. The number of carbonyl (C=O) groups is 1. The maximum absolute atomic E-state index is 10.7. The molecule has 0 atom stereocenters. The number of carboxylic acids is 1. The summed E-state index contributed by atoms with van der Waals surface area (Å²) in [7, 11) is 0. The van der Waals surface area contributed by atoms with Crippen LogP contribution in [0.25, 0.3) is 10.9 Å². The Kier molecular flexibility index (Phi) is 2.81. The number of hydrogen-bond donors (Lipinski definition) is 1. The van der Waals surface area contributed by atoms with E-state index in [0.717, 1.165) is 15.1 Å². The van der Waals surface area contributed by atoms with Crippen LogP contribution < -0.4 is 0 Å². The topological polar surface area (TPSA) is 63.3 Å². The molecule has 2 aromatic heterocycles. The highest BCUT2D eigenvalue weighted by Crippen LogP contribution is 2.37. The van der Waals surface area contributed by atoms with Gasteiger partial charge in [-0.05, 0) is 41.5 Å². The van der Waals surface area contributed by atoms with Crippen molar-refractivity contribution in [1.82, 2.24) is 4.37 Å². The van der Waals surface area contributed by atoms with Crippen LogP contribution in [0.4, 0.5) is 0 Å². The second-order valence-corrected chi connectivity index (χ2v) is 5.56. The van der Waals surface area contributed by atoms with Crippen molar-refractivity contribution in [3.8, 4) is 0 Å². The summed E-state index contributed by atoms with van der Waals surface area (Å²) in [6.07, 6.45) is 0. The molecular weight excluding hydrogens is 270 g/mol. The van der Waals surface area contributed by atoms with E-state index in [4.69, 9.17) is 9.52 Å². The van der Waals surface area contributed by atoms with Gasteiger partial charge in [-0.15, -0.1) is 0 Å². The van der Waals surface area contributed by atoms with Gasteiger partial charge in [-0.25, -0.2) is 4.79 Å². The molecule has 6 heteroatoms. The lowest BCUT2D eigenvalue weighted by Crippen LogP contribution is -1.91. The Hall–Kier alpha value is -1.79. The molecule has 0 saturated carbocycles. The summed E-state index contributed by atoms with van der Waals surface area (Å²) in [6, 6.07) is 10.9. The maximum atomic E-state index is 10.7. The van der Waals surface area contributed by atoms with E-state index in [1.54, 1.807) is 6.07 Å². The quantitative estimate of drug-likeness (QED) is 0.790. The number of aromatic nitrogens is 1. The van der Waals surface area contributed by atoms with Gasteiger partial charge in [-0.1, -0.05) is 18.2 Å². The zero-order valence-corrected chi connectivity index (χ0v) is 10.6. The maximum Gasteiger partial charge on any atom is 0.371 e. The fourth-order valence-corrected chi connectivity index (χ4v) is 3.37. The van der Waals surface area contributed by atoms with Crippen molar-refractivity contribution < 1.29 is 14.3 Å². The summed E-state index contributed by atoms with van der Waals surface area (Å²) in [5, 5.41) is 10.4. The Labute approximate surface area is 110 Å². The zero-order valence-electron chi connectivity index (χ0n) is 8.99. The average Bonchev–Trinajstić information content (AvgIpc) is 2.98. The van der Waals surface area contributed by atoms with Gasteiger partial charge in [0.2, 0.25) is 5.76 Å². The highest BCUT2D eigenvalue weighted by atomic mass is 32.2. The smallest absolute Gasteiger partial charge is 0.371 e. The Morgan fingerprint density at radius 3 is 2.89 bits per heavy atom. The van der Waals surface area contributed by atoms with Gasteiger partial charge in [0.05, 0.1) is 9.73 Å². The van der Waals surface area contributed by atoms with Gasteiger partial charge in [0.25, 0.3) is 0 Å². The molecule has 3 aromatic rings. The fraction of sp³-hybridized carbons (Fsp3) is 0. The first-order valence-electron chi connectivity index (χ1n) is 5.09. The van der Waals surface area contributed by atoms with Crippen molar-refractivity contribution in [2.75, 3.05) is 0 Å². The number of furan rings is 1. The molecule has 0 saturated heterocycles. The first-order valence-corrected chi connectivity index (χ1v) is 6.68. The third-order valence-corrected chi connectivity index (χ3v) is 4.31. The van der Waals surface area contributed by atoms with E-state index in [1.165, 1.54) is 29.4 Å². The van der Waals surface area contributed by atoms with Crippen LogP contribution in [-0.2, 0) is 0 Å². The Morgan fingerprint density at radius 1 is 1.28 bits per heavy atom. The molecular formula is C12H7NO3S2. The van der Waals surface area contributed by atoms with Crippen LogP contribution in [0.15, 0.2) is 50.1 Å². The molecule has 0 aliphatic rings. The molecule has 18 heavy (non-hydrogen) atoms. The van der Waals surface area contributed by atoms with Crippen molar-refractivity contribution in [2.45, 2.75) is 9.30 Å². The Morgan fingerprint density at radius 2 is 2.11 bits per heavy atom. The second kappa shape index (κ2) is 4.47. The molecule has 0 fully saturated rings. The van der Waals surface area contributed by atoms with Crippen LogP contribution in [0, 0.1) is 0 Å². The highest BCUT2D eigenvalue weighted by molar-refractivity contribution is 8.01.